The van der Waals surface area contributed by atoms with Gasteiger partial charge in [0.25, 0.3) is 0 Å². The Morgan fingerprint density at radius 2 is 2.12 bits per heavy atom. The van der Waals surface area contributed by atoms with Crippen LogP contribution in [0.5, 0.6) is 0 Å². The molecule has 5 nitrogen and oxygen atoms in total. The summed E-state index contributed by atoms with van der Waals surface area (Å²) in [6.07, 6.45) is 1.06. The Hall–Kier alpha value is -1.39. The summed E-state index contributed by atoms with van der Waals surface area (Å²) in [4.78, 5) is 15.2. The predicted octanol–water partition coefficient (Wildman–Crippen LogP) is 2.41. The zero-order valence-electron chi connectivity index (χ0n) is 10.6. The smallest absolute Gasteiger partial charge is 0.307 e. The van der Waals surface area contributed by atoms with E-state index >= 15 is 0 Å². The van der Waals surface area contributed by atoms with Crippen LogP contribution >= 0.6 is 0 Å². The lowest BCUT2D eigenvalue weighted by Gasteiger charge is -2.10. The van der Waals surface area contributed by atoms with E-state index in [0.717, 1.165) is 12.2 Å². The average molecular weight is 238 g/mol. The summed E-state index contributed by atoms with van der Waals surface area (Å²) in [5, 5.41) is 12.9. The molecular formula is C12H18N2O3. The van der Waals surface area contributed by atoms with E-state index in [1.807, 2.05) is 0 Å². The quantitative estimate of drug-likeness (QED) is 0.871. The van der Waals surface area contributed by atoms with Crippen molar-refractivity contribution in [3.63, 3.8) is 0 Å². The first-order valence-electron chi connectivity index (χ1n) is 5.89. The summed E-state index contributed by atoms with van der Waals surface area (Å²) in [5.41, 5.74) is 0.253. The minimum atomic E-state index is -0.844. The monoisotopic (exact) mass is 238 g/mol. The number of carboxylic acid groups (broad SMARTS) is 1. The van der Waals surface area contributed by atoms with Crippen molar-refractivity contribution in [1.82, 2.24) is 10.1 Å². The van der Waals surface area contributed by atoms with Crippen LogP contribution in [0.2, 0.25) is 0 Å². The molecule has 1 saturated carbocycles. The lowest BCUT2D eigenvalue weighted by molar-refractivity contribution is -0.141. The molecule has 2 rings (SSSR count). The SMILES string of the molecule is CC(C(=O)O)C(C)c1nc(C2CC2(C)C)no1. The van der Waals surface area contributed by atoms with Gasteiger partial charge in [-0.2, -0.15) is 4.98 Å². The molecular weight excluding hydrogens is 220 g/mol. The first kappa shape index (κ1) is 12.1. The predicted molar refractivity (Wildman–Crippen MR) is 60.7 cm³/mol. The molecule has 0 aromatic carbocycles. The number of hydrogen-bond acceptors (Lipinski definition) is 4. The normalized spacial score (nSPS) is 25.3. The van der Waals surface area contributed by atoms with Crippen LogP contribution in [0.3, 0.4) is 0 Å². The van der Waals surface area contributed by atoms with Crippen LogP contribution in [0, 0.1) is 11.3 Å². The highest BCUT2D eigenvalue weighted by atomic mass is 16.5. The number of rotatable bonds is 4. The van der Waals surface area contributed by atoms with Crippen LogP contribution < -0.4 is 0 Å². The number of carbonyl (C=O) groups is 1. The Labute approximate surface area is 100 Å². The van der Waals surface area contributed by atoms with E-state index in [1.54, 1.807) is 13.8 Å². The van der Waals surface area contributed by atoms with Crippen LogP contribution in [0.15, 0.2) is 4.52 Å². The fourth-order valence-corrected chi connectivity index (χ4v) is 1.91. The van der Waals surface area contributed by atoms with E-state index < -0.39 is 11.9 Å². The molecule has 1 fully saturated rings. The third-order valence-corrected chi connectivity index (χ3v) is 3.81. The topological polar surface area (TPSA) is 76.2 Å². The lowest BCUT2D eigenvalue weighted by Crippen LogP contribution is -2.16. The fourth-order valence-electron chi connectivity index (χ4n) is 1.91. The summed E-state index contributed by atoms with van der Waals surface area (Å²) < 4.78 is 5.17. The first-order chi connectivity index (χ1) is 7.83. The molecule has 5 heteroatoms. The minimum Gasteiger partial charge on any atom is -0.481 e. The molecule has 0 amide bonds. The van der Waals surface area contributed by atoms with Crippen molar-refractivity contribution in [1.29, 1.82) is 0 Å². The maximum atomic E-state index is 10.9. The van der Waals surface area contributed by atoms with E-state index in [9.17, 15) is 4.79 Å². The Morgan fingerprint density at radius 1 is 1.53 bits per heavy atom. The van der Waals surface area contributed by atoms with Gasteiger partial charge < -0.3 is 9.63 Å². The van der Waals surface area contributed by atoms with Crippen molar-refractivity contribution >= 4 is 5.97 Å². The Kier molecular flexibility index (Phi) is 2.72. The molecule has 0 bridgehead atoms. The first-order valence-corrected chi connectivity index (χ1v) is 5.89. The summed E-state index contributed by atoms with van der Waals surface area (Å²) >= 11 is 0. The van der Waals surface area contributed by atoms with E-state index in [-0.39, 0.29) is 11.3 Å². The van der Waals surface area contributed by atoms with E-state index in [0.29, 0.717) is 11.8 Å². The Morgan fingerprint density at radius 3 is 2.59 bits per heavy atom. The maximum absolute atomic E-state index is 10.9. The number of nitrogens with zero attached hydrogens (tertiary/aromatic N) is 2. The highest BCUT2D eigenvalue weighted by Gasteiger charge is 2.49. The molecule has 1 aliphatic carbocycles. The fraction of sp³-hybridized carbons (Fsp3) is 0.750. The average Bonchev–Trinajstić information content (AvgIpc) is 2.71. The Bertz CT molecular complexity index is 439. The van der Waals surface area contributed by atoms with Gasteiger partial charge in [0.2, 0.25) is 5.89 Å². The molecule has 0 radical (unpaired) electrons. The largest absolute Gasteiger partial charge is 0.481 e. The molecule has 1 aromatic rings. The van der Waals surface area contributed by atoms with E-state index in [1.165, 1.54) is 0 Å². The molecule has 1 aromatic heterocycles. The van der Waals surface area contributed by atoms with Gasteiger partial charge in [-0.1, -0.05) is 32.9 Å². The molecule has 3 unspecified atom stereocenters. The molecule has 1 heterocycles. The zero-order chi connectivity index (χ0) is 12.8. The van der Waals surface area contributed by atoms with Gasteiger partial charge in [0.05, 0.1) is 5.92 Å². The van der Waals surface area contributed by atoms with Gasteiger partial charge >= 0.3 is 5.97 Å². The third kappa shape index (κ3) is 2.18. The second kappa shape index (κ2) is 3.82. The van der Waals surface area contributed by atoms with Gasteiger partial charge in [-0.05, 0) is 11.8 Å². The lowest BCUT2D eigenvalue weighted by atomic mass is 9.96. The number of carboxylic acids is 1. The maximum Gasteiger partial charge on any atom is 0.307 e. The molecule has 0 spiro atoms. The molecule has 0 aliphatic heterocycles. The van der Waals surface area contributed by atoms with Gasteiger partial charge in [-0.15, -0.1) is 0 Å². The number of hydrogen-bond donors (Lipinski definition) is 1. The van der Waals surface area contributed by atoms with Crippen molar-refractivity contribution < 1.29 is 14.4 Å². The van der Waals surface area contributed by atoms with Gasteiger partial charge in [0, 0.05) is 11.8 Å². The highest BCUT2D eigenvalue weighted by molar-refractivity contribution is 5.70. The standard InChI is InChI=1S/C12H18N2O3/c1-6(7(2)11(15)16)10-13-9(14-17-10)8-5-12(8,3)4/h6-8H,5H2,1-4H3,(H,15,16). The second-order valence-electron chi connectivity index (χ2n) is 5.65. The molecule has 17 heavy (non-hydrogen) atoms. The third-order valence-electron chi connectivity index (χ3n) is 3.81. The van der Waals surface area contributed by atoms with Crippen LogP contribution in [-0.4, -0.2) is 21.2 Å². The molecule has 1 aliphatic rings. The molecule has 94 valence electrons. The molecule has 3 atom stereocenters. The summed E-state index contributed by atoms with van der Waals surface area (Å²) in [6, 6.07) is 0. The van der Waals surface area contributed by atoms with Crippen molar-refractivity contribution in [3.05, 3.63) is 11.7 Å². The molecule has 1 N–H and O–H groups in total. The summed E-state index contributed by atoms with van der Waals surface area (Å²) in [7, 11) is 0. The van der Waals surface area contributed by atoms with Crippen LogP contribution in [0.1, 0.15) is 57.7 Å². The summed E-state index contributed by atoms with van der Waals surface area (Å²) in [5.74, 6) is -0.116. The van der Waals surface area contributed by atoms with E-state index in [4.69, 9.17) is 9.63 Å². The van der Waals surface area contributed by atoms with Crippen molar-refractivity contribution in [2.24, 2.45) is 11.3 Å². The van der Waals surface area contributed by atoms with Gasteiger partial charge in [0.1, 0.15) is 0 Å². The van der Waals surface area contributed by atoms with Crippen LogP contribution in [0.25, 0.3) is 0 Å². The van der Waals surface area contributed by atoms with Crippen molar-refractivity contribution in [2.75, 3.05) is 0 Å². The van der Waals surface area contributed by atoms with E-state index in [2.05, 4.69) is 24.0 Å². The number of aromatic nitrogens is 2. The zero-order valence-corrected chi connectivity index (χ0v) is 10.6. The van der Waals surface area contributed by atoms with Gasteiger partial charge in [-0.3, -0.25) is 4.79 Å². The molecule has 0 saturated heterocycles. The van der Waals surface area contributed by atoms with Crippen LogP contribution in [-0.2, 0) is 4.79 Å². The Balaban J connectivity index is 2.11. The van der Waals surface area contributed by atoms with Crippen molar-refractivity contribution in [2.45, 2.75) is 46.0 Å². The summed E-state index contributed by atoms with van der Waals surface area (Å²) in [6.45, 7) is 7.78. The minimum absolute atomic E-state index is 0.253. The van der Waals surface area contributed by atoms with Gasteiger partial charge in [0.15, 0.2) is 5.82 Å². The number of aliphatic carboxylic acids is 1. The van der Waals surface area contributed by atoms with Gasteiger partial charge in [-0.25, -0.2) is 0 Å². The van der Waals surface area contributed by atoms with Crippen molar-refractivity contribution in [3.8, 4) is 0 Å². The van der Waals surface area contributed by atoms with Crippen LogP contribution in [0.4, 0.5) is 0 Å². The highest BCUT2D eigenvalue weighted by Crippen LogP contribution is 2.57. The second-order valence-corrected chi connectivity index (χ2v) is 5.65.